The van der Waals surface area contributed by atoms with Crippen LogP contribution in [-0.4, -0.2) is 21.5 Å². The van der Waals surface area contributed by atoms with E-state index in [0.29, 0.717) is 0 Å². The molecule has 84 valence electrons. The highest BCUT2D eigenvalue weighted by atomic mass is 32.1. The van der Waals surface area contributed by atoms with Gasteiger partial charge in [0.05, 0.1) is 5.54 Å². The molecule has 3 rings (SSSR count). The van der Waals surface area contributed by atoms with E-state index in [1.54, 1.807) is 23.7 Å². The zero-order valence-corrected chi connectivity index (χ0v) is 10.0. The maximum absolute atomic E-state index is 4.59. The molecule has 0 spiro atoms. The number of aromatic nitrogens is 3. The summed E-state index contributed by atoms with van der Waals surface area (Å²) >= 11 is 1.66. The Kier molecular flexibility index (Phi) is 2.37. The Labute approximate surface area is 98.1 Å². The van der Waals surface area contributed by atoms with Gasteiger partial charge in [-0.05, 0) is 32.7 Å². The molecule has 2 aromatic rings. The average molecular weight is 234 g/mol. The SMILES string of the molecule is CC1(c2nc3nccnc3s2)CCCCN1. The minimum absolute atomic E-state index is 0.0191. The van der Waals surface area contributed by atoms with Gasteiger partial charge >= 0.3 is 0 Å². The molecular weight excluding hydrogens is 220 g/mol. The lowest BCUT2D eigenvalue weighted by Crippen LogP contribution is -2.43. The van der Waals surface area contributed by atoms with Gasteiger partial charge in [-0.1, -0.05) is 11.3 Å². The summed E-state index contributed by atoms with van der Waals surface area (Å²) < 4.78 is 0. The largest absolute Gasteiger partial charge is 0.306 e. The maximum atomic E-state index is 4.59. The van der Waals surface area contributed by atoms with Gasteiger partial charge in [0.15, 0.2) is 10.5 Å². The summed E-state index contributed by atoms with van der Waals surface area (Å²) in [5.74, 6) is 0. The average Bonchev–Trinajstić information content (AvgIpc) is 2.74. The third kappa shape index (κ3) is 1.60. The number of fused-ring (bicyclic) bond motifs is 1. The van der Waals surface area contributed by atoms with Crippen molar-refractivity contribution in [3.05, 3.63) is 17.4 Å². The van der Waals surface area contributed by atoms with Crippen molar-refractivity contribution in [2.24, 2.45) is 0 Å². The quantitative estimate of drug-likeness (QED) is 0.820. The number of nitrogens with one attached hydrogen (secondary N) is 1. The van der Waals surface area contributed by atoms with Crippen LogP contribution in [0.3, 0.4) is 0 Å². The molecule has 0 bridgehead atoms. The molecule has 5 heteroatoms. The van der Waals surface area contributed by atoms with Crippen molar-refractivity contribution in [2.75, 3.05) is 6.54 Å². The summed E-state index contributed by atoms with van der Waals surface area (Å²) in [7, 11) is 0. The fourth-order valence-electron chi connectivity index (χ4n) is 2.15. The lowest BCUT2D eigenvalue weighted by atomic mass is 9.92. The van der Waals surface area contributed by atoms with Crippen LogP contribution < -0.4 is 5.32 Å². The molecule has 1 aliphatic heterocycles. The van der Waals surface area contributed by atoms with E-state index in [0.717, 1.165) is 28.5 Å². The zero-order valence-electron chi connectivity index (χ0n) is 9.23. The summed E-state index contributed by atoms with van der Waals surface area (Å²) in [5.41, 5.74) is 0.793. The third-order valence-electron chi connectivity index (χ3n) is 3.14. The number of hydrogen-bond donors (Lipinski definition) is 1. The smallest absolute Gasteiger partial charge is 0.189 e. The topological polar surface area (TPSA) is 50.7 Å². The molecule has 0 saturated carbocycles. The Hall–Kier alpha value is -1.07. The maximum Gasteiger partial charge on any atom is 0.189 e. The Morgan fingerprint density at radius 2 is 2.19 bits per heavy atom. The van der Waals surface area contributed by atoms with E-state index in [1.807, 2.05) is 0 Å². The minimum Gasteiger partial charge on any atom is -0.306 e. The highest BCUT2D eigenvalue weighted by molar-refractivity contribution is 7.18. The molecule has 1 saturated heterocycles. The van der Waals surface area contributed by atoms with Crippen molar-refractivity contribution < 1.29 is 0 Å². The Morgan fingerprint density at radius 1 is 1.31 bits per heavy atom. The van der Waals surface area contributed by atoms with E-state index in [1.165, 1.54) is 12.8 Å². The van der Waals surface area contributed by atoms with E-state index in [9.17, 15) is 0 Å². The van der Waals surface area contributed by atoms with Crippen LogP contribution in [0.2, 0.25) is 0 Å². The molecule has 0 aliphatic carbocycles. The summed E-state index contributed by atoms with van der Waals surface area (Å²) in [5, 5.41) is 4.68. The first-order chi connectivity index (χ1) is 7.78. The second-order valence-electron chi connectivity index (χ2n) is 4.42. The normalized spacial score (nSPS) is 26.1. The first-order valence-corrected chi connectivity index (χ1v) is 6.43. The highest BCUT2D eigenvalue weighted by Crippen LogP contribution is 2.33. The predicted molar refractivity (Wildman–Crippen MR) is 64.4 cm³/mol. The summed E-state index contributed by atoms with van der Waals surface area (Å²) in [6.45, 7) is 3.30. The van der Waals surface area contributed by atoms with Crippen molar-refractivity contribution in [1.82, 2.24) is 20.3 Å². The van der Waals surface area contributed by atoms with Gasteiger partial charge in [-0.15, -0.1) is 0 Å². The number of hydrogen-bond acceptors (Lipinski definition) is 5. The molecule has 1 atom stereocenters. The Balaban J connectivity index is 2.04. The van der Waals surface area contributed by atoms with E-state index >= 15 is 0 Å². The van der Waals surface area contributed by atoms with E-state index < -0.39 is 0 Å². The van der Waals surface area contributed by atoms with Crippen LogP contribution in [-0.2, 0) is 5.54 Å². The predicted octanol–water partition coefficient (Wildman–Crippen LogP) is 2.08. The molecule has 4 nitrogen and oxygen atoms in total. The van der Waals surface area contributed by atoms with Gasteiger partial charge in [0, 0.05) is 12.4 Å². The number of piperidine rings is 1. The first kappa shape index (κ1) is 10.1. The van der Waals surface area contributed by atoms with E-state index in [2.05, 4.69) is 27.2 Å². The van der Waals surface area contributed by atoms with Gasteiger partial charge in [-0.25, -0.2) is 15.0 Å². The summed E-state index contributed by atoms with van der Waals surface area (Å²) in [4.78, 5) is 14.1. The fraction of sp³-hybridized carbons (Fsp3) is 0.545. The second kappa shape index (κ2) is 3.75. The van der Waals surface area contributed by atoms with Gasteiger partial charge in [-0.3, -0.25) is 0 Å². The van der Waals surface area contributed by atoms with E-state index in [-0.39, 0.29) is 5.54 Å². The van der Waals surface area contributed by atoms with E-state index in [4.69, 9.17) is 0 Å². The summed E-state index contributed by atoms with van der Waals surface area (Å²) in [6.07, 6.45) is 7.09. The molecule has 1 fully saturated rings. The van der Waals surface area contributed by atoms with Gasteiger partial charge in [0.25, 0.3) is 0 Å². The van der Waals surface area contributed by atoms with Crippen molar-refractivity contribution in [3.8, 4) is 0 Å². The third-order valence-corrected chi connectivity index (χ3v) is 4.35. The van der Waals surface area contributed by atoms with Crippen molar-refractivity contribution in [3.63, 3.8) is 0 Å². The van der Waals surface area contributed by atoms with Crippen LogP contribution in [0.15, 0.2) is 12.4 Å². The second-order valence-corrected chi connectivity index (χ2v) is 5.40. The zero-order chi connectivity index (χ0) is 11.0. The van der Waals surface area contributed by atoms with Gasteiger partial charge < -0.3 is 5.32 Å². The number of nitrogens with zero attached hydrogens (tertiary/aromatic N) is 3. The monoisotopic (exact) mass is 234 g/mol. The van der Waals surface area contributed by atoms with Gasteiger partial charge in [-0.2, -0.15) is 0 Å². The van der Waals surface area contributed by atoms with Crippen molar-refractivity contribution in [1.29, 1.82) is 0 Å². The van der Waals surface area contributed by atoms with Crippen LogP contribution in [0.5, 0.6) is 0 Å². The summed E-state index contributed by atoms with van der Waals surface area (Å²) in [6, 6.07) is 0. The lowest BCUT2D eigenvalue weighted by molar-refractivity contribution is 0.283. The minimum atomic E-state index is 0.0191. The molecule has 0 radical (unpaired) electrons. The molecule has 16 heavy (non-hydrogen) atoms. The van der Waals surface area contributed by atoms with Gasteiger partial charge in [0.2, 0.25) is 0 Å². The number of thiazole rings is 1. The molecule has 0 amide bonds. The van der Waals surface area contributed by atoms with Gasteiger partial charge in [0.1, 0.15) is 5.01 Å². The van der Waals surface area contributed by atoms with Crippen LogP contribution in [0.1, 0.15) is 31.2 Å². The molecule has 1 unspecified atom stereocenters. The molecular formula is C11H14N4S. The fourth-order valence-corrected chi connectivity index (χ4v) is 3.17. The standard InChI is InChI=1S/C11H14N4S/c1-11(4-2-3-5-14-11)10-15-8-9(16-10)13-7-6-12-8/h6-7,14H,2-5H2,1H3. The first-order valence-electron chi connectivity index (χ1n) is 5.61. The van der Waals surface area contributed by atoms with Crippen LogP contribution in [0, 0.1) is 0 Å². The van der Waals surface area contributed by atoms with Crippen LogP contribution >= 0.6 is 11.3 Å². The van der Waals surface area contributed by atoms with Crippen LogP contribution in [0.4, 0.5) is 0 Å². The molecule has 1 N–H and O–H groups in total. The van der Waals surface area contributed by atoms with Crippen LogP contribution in [0.25, 0.3) is 10.5 Å². The van der Waals surface area contributed by atoms with Crippen molar-refractivity contribution in [2.45, 2.75) is 31.7 Å². The molecule has 1 aliphatic rings. The molecule has 3 heterocycles. The number of rotatable bonds is 1. The molecule has 0 aromatic carbocycles. The highest BCUT2D eigenvalue weighted by Gasteiger charge is 2.31. The Bertz CT molecular complexity index is 468. The van der Waals surface area contributed by atoms with Crippen molar-refractivity contribution >= 4 is 21.8 Å². The Morgan fingerprint density at radius 3 is 2.94 bits per heavy atom. The molecule has 2 aromatic heterocycles. The lowest BCUT2D eigenvalue weighted by Gasteiger charge is -2.32.